The van der Waals surface area contributed by atoms with Crippen LogP contribution in [-0.2, 0) is 18.4 Å². The van der Waals surface area contributed by atoms with E-state index < -0.39 is 0 Å². The van der Waals surface area contributed by atoms with Crippen molar-refractivity contribution < 1.29 is 9.47 Å². The number of hydrogen-bond donors (Lipinski definition) is 2. The minimum Gasteiger partial charge on any atom is -0.493 e. The molecule has 0 amide bonds. The van der Waals surface area contributed by atoms with Crippen molar-refractivity contribution >= 4 is 17.3 Å². The predicted octanol–water partition coefficient (Wildman–Crippen LogP) is 5.87. The molecule has 3 atom stereocenters. The minimum atomic E-state index is 0.115. The van der Waals surface area contributed by atoms with Gasteiger partial charge in [0, 0.05) is 24.0 Å². The van der Waals surface area contributed by atoms with Gasteiger partial charge in [0.05, 0.1) is 14.2 Å². The third-order valence-electron chi connectivity index (χ3n) is 8.71. The Balaban J connectivity index is 1.30. The van der Waals surface area contributed by atoms with Gasteiger partial charge in [-0.2, -0.15) is 0 Å². The van der Waals surface area contributed by atoms with Gasteiger partial charge in [-0.25, -0.2) is 0 Å². The molecule has 0 bridgehead atoms. The molecule has 0 aromatic heterocycles. The van der Waals surface area contributed by atoms with Gasteiger partial charge in [-0.3, -0.25) is 4.90 Å². The summed E-state index contributed by atoms with van der Waals surface area (Å²) in [6.07, 6.45) is 6.74. The van der Waals surface area contributed by atoms with Gasteiger partial charge in [-0.1, -0.05) is 66.7 Å². The van der Waals surface area contributed by atoms with Crippen LogP contribution in [0.4, 0.5) is 0 Å². The maximum Gasteiger partial charge on any atom is 0.166 e. The number of nitrogens with one attached hydrogen (secondary N) is 2. The first-order valence-corrected chi connectivity index (χ1v) is 14.6. The van der Waals surface area contributed by atoms with E-state index in [0.29, 0.717) is 12.1 Å². The Hall–Kier alpha value is -3.09. The van der Waals surface area contributed by atoms with E-state index in [1.807, 2.05) is 6.07 Å². The molecule has 0 unspecified atom stereocenters. The number of methoxy groups -OCH3 is 2. The minimum absolute atomic E-state index is 0.115. The lowest BCUT2D eigenvalue weighted by atomic mass is 9.65. The number of aryl methyl sites for hydroxylation is 1. The average Bonchev–Trinajstić information content (AvgIpc) is 3.35. The summed E-state index contributed by atoms with van der Waals surface area (Å²) in [6.45, 7) is 2.97. The van der Waals surface area contributed by atoms with Crippen molar-refractivity contribution in [1.29, 1.82) is 0 Å². The number of rotatable bonds is 10. The maximum absolute atomic E-state index is 5.72. The van der Waals surface area contributed by atoms with Crippen LogP contribution >= 0.6 is 12.2 Å². The molecular weight excluding hydrogens is 502 g/mol. The summed E-state index contributed by atoms with van der Waals surface area (Å²) in [5.41, 5.74) is 4.14. The van der Waals surface area contributed by atoms with Gasteiger partial charge >= 0.3 is 0 Å². The fraction of sp³-hybridized carbons (Fsp3) is 0.424. The lowest BCUT2D eigenvalue weighted by Crippen LogP contribution is -2.53. The second-order valence-corrected chi connectivity index (χ2v) is 11.3. The third kappa shape index (κ3) is 6.39. The van der Waals surface area contributed by atoms with Gasteiger partial charge in [0.15, 0.2) is 16.6 Å². The van der Waals surface area contributed by atoms with Crippen molar-refractivity contribution in [2.45, 2.75) is 62.6 Å². The van der Waals surface area contributed by atoms with E-state index in [0.717, 1.165) is 68.3 Å². The number of benzene rings is 3. The Morgan fingerprint density at radius 3 is 2.36 bits per heavy atom. The number of ether oxygens (including phenoxy) is 2. The molecule has 5 rings (SSSR count). The molecule has 5 nitrogen and oxygen atoms in total. The van der Waals surface area contributed by atoms with Gasteiger partial charge in [-0.05, 0) is 92.7 Å². The first-order chi connectivity index (χ1) is 19.1. The maximum atomic E-state index is 5.72. The van der Waals surface area contributed by atoms with Crippen LogP contribution in [-0.4, -0.2) is 49.4 Å². The first kappa shape index (κ1) is 27.5. The molecule has 3 aromatic carbocycles. The van der Waals surface area contributed by atoms with Crippen LogP contribution in [0.25, 0.3) is 0 Å². The molecule has 39 heavy (non-hydrogen) atoms. The molecule has 1 saturated heterocycles. The molecule has 1 aliphatic heterocycles. The Kier molecular flexibility index (Phi) is 9.05. The van der Waals surface area contributed by atoms with Crippen LogP contribution in [0, 0.1) is 0 Å². The van der Waals surface area contributed by atoms with E-state index in [1.54, 1.807) is 14.2 Å². The highest BCUT2D eigenvalue weighted by Crippen LogP contribution is 2.50. The van der Waals surface area contributed by atoms with Crippen molar-refractivity contribution in [2.75, 3.05) is 27.3 Å². The molecule has 2 aliphatic rings. The van der Waals surface area contributed by atoms with E-state index in [9.17, 15) is 0 Å². The molecule has 3 aromatic rings. The monoisotopic (exact) mass is 543 g/mol. The first-order valence-electron chi connectivity index (χ1n) is 14.2. The largest absolute Gasteiger partial charge is 0.493 e. The molecule has 1 aliphatic carbocycles. The number of thiocarbonyl (C=S) groups is 1. The Labute approximate surface area is 238 Å². The summed E-state index contributed by atoms with van der Waals surface area (Å²) in [6, 6.07) is 28.6. The van der Waals surface area contributed by atoms with E-state index in [1.165, 1.54) is 23.1 Å². The SMILES string of the molecule is COc1ccc([C@@]23CC[C@H](NC(=S)NCc4ccccc4)C[C@H]2N(CCCc2ccccc2)CC3)cc1OC. The Bertz CT molecular complexity index is 1220. The number of likely N-dealkylation sites (tertiary alicyclic amines) is 1. The molecule has 6 heteroatoms. The van der Waals surface area contributed by atoms with Gasteiger partial charge in [-0.15, -0.1) is 0 Å². The summed E-state index contributed by atoms with van der Waals surface area (Å²) in [5, 5.41) is 7.82. The van der Waals surface area contributed by atoms with Crippen molar-refractivity contribution in [3.8, 4) is 11.5 Å². The van der Waals surface area contributed by atoms with Crippen molar-refractivity contribution in [3.63, 3.8) is 0 Å². The normalized spacial score (nSPS) is 22.6. The zero-order chi connectivity index (χ0) is 27.1. The molecule has 2 fully saturated rings. The highest BCUT2D eigenvalue weighted by Gasteiger charge is 2.51. The summed E-state index contributed by atoms with van der Waals surface area (Å²) >= 11 is 5.72. The third-order valence-corrected chi connectivity index (χ3v) is 8.98. The van der Waals surface area contributed by atoms with Gasteiger partial charge in [0.25, 0.3) is 0 Å². The molecule has 0 radical (unpaired) electrons. The number of fused-ring (bicyclic) bond motifs is 1. The summed E-state index contributed by atoms with van der Waals surface area (Å²) in [5.74, 6) is 1.61. The highest BCUT2D eigenvalue weighted by molar-refractivity contribution is 7.80. The smallest absolute Gasteiger partial charge is 0.166 e. The fourth-order valence-corrected chi connectivity index (χ4v) is 6.91. The van der Waals surface area contributed by atoms with E-state index in [2.05, 4.69) is 88.3 Å². The van der Waals surface area contributed by atoms with Crippen LogP contribution < -0.4 is 20.1 Å². The predicted molar refractivity (Wildman–Crippen MR) is 163 cm³/mol. The van der Waals surface area contributed by atoms with Crippen LogP contribution in [0.3, 0.4) is 0 Å². The van der Waals surface area contributed by atoms with E-state index in [-0.39, 0.29) is 5.41 Å². The van der Waals surface area contributed by atoms with Crippen LogP contribution in [0.15, 0.2) is 78.9 Å². The number of nitrogens with zero attached hydrogens (tertiary/aromatic N) is 1. The highest BCUT2D eigenvalue weighted by atomic mass is 32.1. The van der Waals surface area contributed by atoms with Crippen LogP contribution in [0.1, 0.15) is 48.8 Å². The molecule has 1 saturated carbocycles. The molecule has 206 valence electrons. The molecule has 2 N–H and O–H groups in total. The lowest BCUT2D eigenvalue weighted by Gasteiger charge is -2.46. The van der Waals surface area contributed by atoms with Gasteiger partial charge in [0.1, 0.15) is 0 Å². The van der Waals surface area contributed by atoms with Crippen LogP contribution in [0.5, 0.6) is 11.5 Å². The molecular formula is C33H41N3O2S. The quantitative estimate of drug-likeness (QED) is 0.312. The fourth-order valence-electron chi connectivity index (χ4n) is 6.67. The van der Waals surface area contributed by atoms with Gasteiger partial charge in [0.2, 0.25) is 0 Å². The zero-order valence-corrected chi connectivity index (χ0v) is 24.0. The van der Waals surface area contributed by atoms with E-state index in [4.69, 9.17) is 21.7 Å². The Morgan fingerprint density at radius 1 is 0.923 bits per heavy atom. The molecule has 1 heterocycles. The average molecular weight is 544 g/mol. The van der Waals surface area contributed by atoms with Crippen LogP contribution in [0.2, 0.25) is 0 Å². The summed E-state index contributed by atoms with van der Waals surface area (Å²) < 4.78 is 11.3. The van der Waals surface area contributed by atoms with Crippen molar-refractivity contribution in [2.24, 2.45) is 0 Å². The van der Waals surface area contributed by atoms with Crippen molar-refractivity contribution in [1.82, 2.24) is 15.5 Å². The standard InChI is InChI=1S/C33H41N3O2S/c1-37-29-16-15-27(22-30(29)38-2)33-18-17-28(35-32(39)34-24-26-12-7-4-8-13-26)23-31(33)36(21-19-33)20-9-14-25-10-5-3-6-11-25/h3-8,10-13,15-16,22,28,31H,9,14,17-21,23-24H2,1-2H3,(H2,34,35,39)/t28-,31+,33-/m0/s1. The number of hydrogen-bond acceptors (Lipinski definition) is 4. The summed E-state index contributed by atoms with van der Waals surface area (Å²) in [7, 11) is 3.43. The lowest BCUT2D eigenvalue weighted by molar-refractivity contribution is 0.138. The second kappa shape index (κ2) is 12.8. The topological polar surface area (TPSA) is 45.8 Å². The Morgan fingerprint density at radius 2 is 1.64 bits per heavy atom. The molecule has 0 spiro atoms. The summed E-state index contributed by atoms with van der Waals surface area (Å²) in [4.78, 5) is 2.74. The van der Waals surface area contributed by atoms with E-state index >= 15 is 0 Å². The second-order valence-electron chi connectivity index (χ2n) is 10.9. The zero-order valence-electron chi connectivity index (χ0n) is 23.2. The van der Waals surface area contributed by atoms with Crippen molar-refractivity contribution in [3.05, 3.63) is 95.6 Å². The van der Waals surface area contributed by atoms with Gasteiger partial charge < -0.3 is 20.1 Å².